The molecule has 5 heteroatoms. The Balaban J connectivity index is 0.00000128. The van der Waals surface area contributed by atoms with Crippen LogP contribution in [0.5, 0.6) is 0 Å². The predicted molar refractivity (Wildman–Crippen MR) is 132 cm³/mol. The van der Waals surface area contributed by atoms with Crippen molar-refractivity contribution in [1.29, 1.82) is 0 Å². The van der Waals surface area contributed by atoms with E-state index in [0.717, 1.165) is 30.3 Å². The van der Waals surface area contributed by atoms with Crippen LogP contribution in [0.15, 0.2) is 60.7 Å². The molecule has 3 heterocycles. The van der Waals surface area contributed by atoms with Crippen LogP contribution >= 0.6 is 24.8 Å². The number of para-hydroxylation sites is 1. The van der Waals surface area contributed by atoms with Crippen LogP contribution in [0.25, 0.3) is 22.2 Å². The van der Waals surface area contributed by atoms with E-state index in [9.17, 15) is 0 Å². The molecule has 0 bridgehead atoms. The Kier molecular flexibility index (Phi) is 7.99. The minimum atomic E-state index is 0. The average molecular weight is 444 g/mol. The summed E-state index contributed by atoms with van der Waals surface area (Å²) in [6.07, 6.45) is 6.74. The van der Waals surface area contributed by atoms with Crippen molar-refractivity contribution >= 4 is 41.4 Å². The van der Waals surface area contributed by atoms with Gasteiger partial charge in [-0.2, -0.15) is 0 Å². The number of piperidine rings is 2. The van der Waals surface area contributed by atoms with Gasteiger partial charge in [0.05, 0.1) is 11.2 Å². The van der Waals surface area contributed by atoms with E-state index in [1.54, 1.807) is 0 Å². The highest BCUT2D eigenvalue weighted by atomic mass is 35.5. The van der Waals surface area contributed by atoms with Crippen LogP contribution < -0.4 is 4.90 Å². The lowest BCUT2D eigenvalue weighted by Crippen LogP contribution is -2.46. The summed E-state index contributed by atoms with van der Waals surface area (Å²) in [5.74, 6) is 0. The molecule has 30 heavy (non-hydrogen) atoms. The fraction of sp³-hybridized carbons (Fsp3) is 0.400. The summed E-state index contributed by atoms with van der Waals surface area (Å²) in [4.78, 5) is 10.3. The number of aromatic nitrogens is 1. The molecule has 2 aliphatic heterocycles. The maximum atomic E-state index is 4.95. The Morgan fingerprint density at radius 1 is 0.733 bits per heavy atom. The fourth-order valence-corrected chi connectivity index (χ4v) is 4.93. The van der Waals surface area contributed by atoms with Crippen LogP contribution in [0, 0.1) is 0 Å². The minimum Gasteiger partial charge on any atom is -0.371 e. The number of anilines is 1. The molecule has 160 valence electrons. The number of fused-ring (bicyclic) bond motifs is 1. The van der Waals surface area contributed by atoms with Gasteiger partial charge in [-0.3, -0.25) is 0 Å². The van der Waals surface area contributed by atoms with Gasteiger partial charge in [-0.05, 0) is 50.9 Å². The molecule has 0 atom stereocenters. The monoisotopic (exact) mass is 443 g/mol. The Morgan fingerprint density at radius 2 is 1.40 bits per heavy atom. The molecule has 2 saturated heterocycles. The highest BCUT2D eigenvalue weighted by Gasteiger charge is 2.26. The van der Waals surface area contributed by atoms with Crippen LogP contribution in [0.1, 0.15) is 32.1 Å². The molecule has 0 unspecified atom stereocenters. The van der Waals surface area contributed by atoms with Gasteiger partial charge in [-0.25, -0.2) is 4.98 Å². The first kappa shape index (κ1) is 22.9. The summed E-state index contributed by atoms with van der Waals surface area (Å²) in [6, 6.07) is 22.2. The lowest BCUT2D eigenvalue weighted by molar-refractivity contribution is 0.141. The van der Waals surface area contributed by atoms with Gasteiger partial charge in [0.2, 0.25) is 0 Å². The topological polar surface area (TPSA) is 19.4 Å². The Morgan fingerprint density at radius 3 is 2.13 bits per heavy atom. The van der Waals surface area contributed by atoms with E-state index in [2.05, 4.69) is 70.5 Å². The van der Waals surface area contributed by atoms with Crippen molar-refractivity contribution in [2.45, 2.75) is 38.1 Å². The summed E-state index contributed by atoms with van der Waals surface area (Å²) in [6.45, 7) is 4.90. The van der Waals surface area contributed by atoms with Crippen LogP contribution in [0.4, 0.5) is 5.69 Å². The Bertz CT molecular complexity index is 934. The molecule has 0 spiro atoms. The maximum absolute atomic E-state index is 4.95. The van der Waals surface area contributed by atoms with Crippen LogP contribution in [0.2, 0.25) is 0 Å². The molecule has 0 saturated carbocycles. The van der Waals surface area contributed by atoms with Crippen molar-refractivity contribution in [3.8, 4) is 11.3 Å². The lowest BCUT2D eigenvalue weighted by Gasteiger charge is -2.41. The molecule has 3 aromatic rings. The number of rotatable bonds is 3. The van der Waals surface area contributed by atoms with E-state index < -0.39 is 0 Å². The summed E-state index contributed by atoms with van der Waals surface area (Å²) in [7, 11) is 0. The van der Waals surface area contributed by atoms with Crippen LogP contribution in [0.3, 0.4) is 0 Å². The Labute approximate surface area is 192 Å². The van der Waals surface area contributed by atoms with E-state index >= 15 is 0 Å². The Hall–Kier alpha value is -1.81. The molecular weight excluding hydrogens is 413 g/mol. The zero-order valence-corrected chi connectivity index (χ0v) is 19.0. The molecule has 0 amide bonds. The smallest absolute Gasteiger partial charge is 0.0730 e. The molecule has 0 N–H and O–H groups in total. The molecule has 0 aliphatic carbocycles. The summed E-state index contributed by atoms with van der Waals surface area (Å²) < 4.78 is 0. The zero-order chi connectivity index (χ0) is 18.8. The second-order valence-corrected chi connectivity index (χ2v) is 8.22. The first-order valence-electron chi connectivity index (χ1n) is 10.8. The molecule has 2 fully saturated rings. The van der Waals surface area contributed by atoms with Gasteiger partial charge in [0.15, 0.2) is 0 Å². The average Bonchev–Trinajstić information content (AvgIpc) is 2.80. The molecule has 5 rings (SSSR count). The van der Waals surface area contributed by atoms with Gasteiger partial charge in [0.25, 0.3) is 0 Å². The van der Waals surface area contributed by atoms with E-state index in [4.69, 9.17) is 4.98 Å². The quantitative estimate of drug-likeness (QED) is 0.480. The summed E-state index contributed by atoms with van der Waals surface area (Å²) in [5.41, 5.74) is 4.71. The fourth-order valence-electron chi connectivity index (χ4n) is 4.93. The van der Waals surface area contributed by atoms with Crippen LogP contribution in [-0.2, 0) is 0 Å². The summed E-state index contributed by atoms with van der Waals surface area (Å²) in [5, 5.41) is 1.28. The summed E-state index contributed by atoms with van der Waals surface area (Å²) >= 11 is 0. The number of benzene rings is 2. The SMILES string of the molecule is Cl.Cl.c1ccc(-c2cc(N3CCC(N4CCCCC4)CC3)c3ccccc3n2)cc1. The third-order valence-electron chi connectivity index (χ3n) is 6.48. The largest absolute Gasteiger partial charge is 0.371 e. The van der Waals surface area contributed by atoms with Gasteiger partial charge < -0.3 is 9.80 Å². The highest BCUT2D eigenvalue weighted by molar-refractivity contribution is 5.94. The van der Waals surface area contributed by atoms with Gasteiger partial charge in [-0.1, -0.05) is 55.0 Å². The van der Waals surface area contributed by atoms with Crippen molar-refractivity contribution in [3.05, 3.63) is 60.7 Å². The van der Waals surface area contributed by atoms with Gasteiger partial charge in [0.1, 0.15) is 0 Å². The second-order valence-electron chi connectivity index (χ2n) is 8.22. The maximum Gasteiger partial charge on any atom is 0.0730 e. The van der Waals surface area contributed by atoms with Crippen molar-refractivity contribution in [3.63, 3.8) is 0 Å². The minimum absolute atomic E-state index is 0. The van der Waals surface area contributed by atoms with Crippen molar-refractivity contribution in [2.24, 2.45) is 0 Å². The third-order valence-corrected chi connectivity index (χ3v) is 6.48. The van der Waals surface area contributed by atoms with Crippen molar-refractivity contribution < 1.29 is 0 Å². The van der Waals surface area contributed by atoms with Crippen LogP contribution in [-0.4, -0.2) is 42.1 Å². The number of likely N-dealkylation sites (tertiary alicyclic amines) is 1. The molecule has 1 aromatic heterocycles. The third kappa shape index (κ3) is 4.74. The normalized spacial score (nSPS) is 17.9. The lowest BCUT2D eigenvalue weighted by atomic mass is 9.98. The number of hydrogen-bond donors (Lipinski definition) is 0. The molecule has 2 aliphatic rings. The number of halogens is 2. The van der Waals surface area contributed by atoms with E-state index in [1.165, 1.54) is 61.8 Å². The van der Waals surface area contributed by atoms with E-state index in [0.29, 0.717) is 0 Å². The van der Waals surface area contributed by atoms with E-state index in [1.807, 2.05) is 0 Å². The predicted octanol–water partition coefficient (Wildman–Crippen LogP) is 6.20. The molecule has 0 radical (unpaired) electrons. The van der Waals surface area contributed by atoms with Crippen molar-refractivity contribution in [1.82, 2.24) is 9.88 Å². The molecule has 3 nitrogen and oxygen atoms in total. The number of nitrogens with zero attached hydrogens (tertiary/aromatic N) is 3. The molecular formula is C25H31Cl2N3. The number of pyridine rings is 1. The van der Waals surface area contributed by atoms with E-state index in [-0.39, 0.29) is 24.8 Å². The first-order valence-corrected chi connectivity index (χ1v) is 10.8. The second kappa shape index (κ2) is 10.5. The highest BCUT2D eigenvalue weighted by Crippen LogP contribution is 2.33. The molecule has 2 aromatic carbocycles. The number of hydrogen-bond acceptors (Lipinski definition) is 3. The zero-order valence-electron chi connectivity index (χ0n) is 17.4. The van der Waals surface area contributed by atoms with Gasteiger partial charge in [-0.15, -0.1) is 24.8 Å². The standard InChI is InChI=1S/C25H29N3.2ClH/c1-3-9-20(10-4-1)24-19-25(22-11-5-6-12-23(22)26-24)28-17-13-21(14-18-28)27-15-7-2-8-16-27;;/h1,3-6,9-12,19,21H,2,7-8,13-18H2;2*1H. The van der Waals surface area contributed by atoms with Crippen molar-refractivity contribution in [2.75, 3.05) is 31.1 Å². The van der Waals surface area contributed by atoms with Gasteiger partial charge >= 0.3 is 0 Å². The first-order chi connectivity index (χ1) is 13.9. The van der Waals surface area contributed by atoms with Gasteiger partial charge in [0, 0.05) is 35.8 Å².